The lowest BCUT2D eigenvalue weighted by atomic mass is 10.1. The maximum absolute atomic E-state index is 12.0. The van der Waals surface area contributed by atoms with E-state index in [2.05, 4.69) is 36.7 Å². The predicted octanol–water partition coefficient (Wildman–Crippen LogP) is 4.33. The molecule has 1 heterocycles. The van der Waals surface area contributed by atoms with E-state index in [4.69, 9.17) is 0 Å². The van der Waals surface area contributed by atoms with Gasteiger partial charge in [-0.3, -0.25) is 25.3 Å². The molecule has 0 saturated heterocycles. The summed E-state index contributed by atoms with van der Waals surface area (Å²) in [6.45, 7) is 0. The summed E-state index contributed by atoms with van der Waals surface area (Å²) in [5, 5.41) is 0. The van der Waals surface area contributed by atoms with Crippen molar-refractivity contribution in [1.29, 1.82) is 0 Å². The van der Waals surface area contributed by atoms with Gasteiger partial charge >= 0.3 is 0 Å². The van der Waals surface area contributed by atoms with Crippen LogP contribution in [0.2, 0.25) is 0 Å². The Kier molecular flexibility index (Phi) is 7.65. The van der Waals surface area contributed by atoms with Crippen LogP contribution in [-0.2, 0) is 9.59 Å². The minimum atomic E-state index is -0.122. The van der Waals surface area contributed by atoms with Crippen molar-refractivity contribution in [3.05, 3.63) is 133 Å². The number of allylic oxidation sites excluding steroid dienone is 10. The Labute approximate surface area is 224 Å². The van der Waals surface area contributed by atoms with E-state index in [0.717, 1.165) is 11.4 Å². The zero-order chi connectivity index (χ0) is 26.9. The van der Waals surface area contributed by atoms with Gasteiger partial charge in [-0.25, -0.2) is 0 Å². The second-order valence-corrected chi connectivity index (χ2v) is 8.19. The summed E-state index contributed by atoms with van der Waals surface area (Å²) in [6, 6.07) is 19.4. The molecule has 4 N–H and O–H groups in total. The van der Waals surface area contributed by atoms with Crippen molar-refractivity contribution in [1.82, 2.24) is 25.8 Å². The minimum Gasteiger partial charge on any atom is -0.305 e. The predicted molar refractivity (Wildman–Crippen MR) is 151 cm³/mol. The second-order valence-electron chi connectivity index (χ2n) is 8.19. The summed E-state index contributed by atoms with van der Waals surface area (Å²) in [4.78, 5) is 39.6. The number of benzene rings is 2. The highest BCUT2D eigenvalue weighted by Crippen LogP contribution is 2.32. The smallest absolute Gasteiger partial charge is 0.248 e. The van der Waals surface area contributed by atoms with Crippen LogP contribution < -0.4 is 26.6 Å². The monoisotopic (exact) mass is 516 g/mol. The van der Waals surface area contributed by atoms with E-state index in [1.54, 1.807) is 36.5 Å². The third kappa shape index (κ3) is 6.33. The number of carbonyl (C=O) groups is 2. The fraction of sp³-hybridized carbons (Fsp3) is 0. The number of hydrogen-bond acceptors (Lipinski definition) is 10. The molecule has 2 aliphatic rings. The van der Waals surface area contributed by atoms with Crippen LogP contribution in [0.1, 0.15) is 0 Å². The molecule has 0 spiro atoms. The zero-order valence-corrected chi connectivity index (χ0v) is 20.7. The van der Waals surface area contributed by atoms with Gasteiger partial charge in [0, 0.05) is 34.9 Å². The highest BCUT2D eigenvalue weighted by atomic mass is 16.1. The van der Waals surface area contributed by atoms with Crippen LogP contribution in [0, 0.1) is 0 Å². The molecule has 5 rings (SSSR count). The molecule has 2 aliphatic carbocycles. The molecule has 0 fully saturated rings. The lowest BCUT2D eigenvalue weighted by Crippen LogP contribution is -2.24. The Morgan fingerprint density at radius 2 is 1.00 bits per heavy atom. The van der Waals surface area contributed by atoms with Crippen molar-refractivity contribution in [3.63, 3.8) is 0 Å². The molecule has 10 nitrogen and oxygen atoms in total. The first kappa shape index (κ1) is 24.9. The van der Waals surface area contributed by atoms with Gasteiger partial charge in [-0.2, -0.15) is 15.0 Å². The average Bonchev–Trinajstić information content (AvgIpc) is 2.96. The number of hydrazine groups is 2. The van der Waals surface area contributed by atoms with Crippen LogP contribution in [0.25, 0.3) is 0 Å². The van der Waals surface area contributed by atoms with Gasteiger partial charge in [-0.15, -0.1) is 0 Å². The molecule has 39 heavy (non-hydrogen) atoms. The van der Waals surface area contributed by atoms with Gasteiger partial charge in [-0.1, -0.05) is 60.7 Å². The molecule has 192 valence electrons. The largest absolute Gasteiger partial charge is 0.305 e. The van der Waals surface area contributed by atoms with Crippen molar-refractivity contribution in [2.75, 3.05) is 15.8 Å². The van der Waals surface area contributed by atoms with Crippen molar-refractivity contribution in [2.24, 2.45) is 0 Å². The van der Waals surface area contributed by atoms with E-state index in [1.807, 2.05) is 65.6 Å². The van der Waals surface area contributed by atoms with Gasteiger partial charge in [0.15, 0.2) is 11.6 Å². The van der Waals surface area contributed by atoms with Gasteiger partial charge in [0.1, 0.15) is 0 Å². The van der Waals surface area contributed by atoms with E-state index < -0.39 is 0 Å². The Morgan fingerprint density at radius 1 is 0.564 bits per heavy atom. The van der Waals surface area contributed by atoms with Crippen molar-refractivity contribution >= 4 is 40.8 Å². The maximum Gasteiger partial charge on any atom is 0.248 e. The quantitative estimate of drug-likeness (QED) is 0.241. The van der Waals surface area contributed by atoms with Gasteiger partial charge in [0.05, 0.1) is 0 Å². The number of nitrogens with one attached hydrogen (secondary N) is 4. The first-order chi connectivity index (χ1) is 19.2. The molecule has 1 aromatic heterocycles. The van der Waals surface area contributed by atoms with Crippen LogP contribution in [-0.4, -0.2) is 26.5 Å². The molecule has 3 aromatic rings. The molecule has 0 unspecified atom stereocenters. The van der Waals surface area contributed by atoms with Crippen molar-refractivity contribution in [3.8, 4) is 0 Å². The fourth-order valence-corrected chi connectivity index (χ4v) is 3.67. The molecular weight excluding hydrogens is 492 g/mol. The Balaban J connectivity index is 1.47. The third-order valence-corrected chi connectivity index (χ3v) is 5.51. The van der Waals surface area contributed by atoms with Gasteiger partial charge < -0.3 is 10.9 Å². The Morgan fingerprint density at radius 3 is 1.44 bits per heavy atom. The number of carbonyl (C=O) groups excluding carboxylic acids is 2. The number of hydrogen-bond donors (Lipinski definition) is 4. The molecule has 2 aromatic carbocycles. The third-order valence-electron chi connectivity index (χ3n) is 5.51. The van der Waals surface area contributed by atoms with Crippen LogP contribution >= 0.6 is 0 Å². The molecule has 0 aliphatic heterocycles. The lowest BCUT2D eigenvalue weighted by Gasteiger charge is -2.23. The highest BCUT2D eigenvalue weighted by molar-refractivity contribution is 6.07. The second kappa shape index (κ2) is 12.0. The highest BCUT2D eigenvalue weighted by Gasteiger charge is 2.18. The number of para-hydroxylation sites is 2. The SMILES string of the molecule is O=C1C=CC=C/C1=C/NNc1nc(NN/C=C2/C=CC=CC2=O)nc(N(c2ccccc2)c2ccccc2)n1. The molecule has 0 bridgehead atoms. The van der Waals surface area contributed by atoms with Crippen LogP contribution in [0.3, 0.4) is 0 Å². The summed E-state index contributed by atoms with van der Waals surface area (Å²) < 4.78 is 0. The van der Waals surface area contributed by atoms with E-state index in [9.17, 15) is 9.59 Å². The molecule has 0 saturated carbocycles. The lowest BCUT2D eigenvalue weighted by molar-refractivity contribution is -0.111. The molecule has 0 atom stereocenters. The van der Waals surface area contributed by atoms with Gasteiger partial charge in [0.25, 0.3) is 0 Å². The molecule has 0 radical (unpaired) electrons. The Hall–Kier alpha value is -5.77. The van der Waals surface area contributed by atoms with Crippen LogP contribution in [0.5, 0.6) is 0 Å². The standard InChI is InChI=1S/C29H24N8O2/c38-25-17-9-7-11-21(25)19-30-35-27-32-28(36-31-20-22-12-8-10-18-26(22)39)34-29(33-27)37(23-13-3-1-4-14-23)24-15-5-2-6-16-24/h1-20,30-31H,(H2,32,33,34,35,36)/b21-19-,22-20-. The van der Waals surface area contributed by atoms with E-state index >= 15 is 0 Å². The molecule has 10 heteroatoms. The van der Waals surface area contributed by atoms with Crippen LogP contribution in [0.15, 0.2) is 133 Å². The van der Waals surface area contributed by atoms with E-state index in [1.165, 1.54) is 24.6 Å². The summed E-state index contributed by atoms with van der Waals surface area (Å²) in [5.41, 5.74) is 14.2. The number of anilines is 5. The first-order valence-corrected chi connectivity index (χ1v) is 12.1. The summed E-state index contributed by atoms with van der Waals surface area (Å²) in [5.74, 6) is 0.450. The number of aromatic nitrogens is 3. The first-order valence-electron chi connectivity index (χ1n) is 12.1. The zero-order valence-electron chi connectivity index (χ0n) is 20.7. The van der Waals surface area contributed by atoms with Crippen molar-refractivity contribution < 1.29 is 9.59 Å². The summed E-state index contributed by atoms with van der Waals surface area (Å²) in [7, 11) is 0. The number of ketones is 2. The van der Waals surface area contributed by atoms with E-state index in [0.29, 0.717) is 17.1 Å². The minimum absolute atomic E-state index is 0.122. The molecular formula is C29H24N8O2. The number of rotatable bonds is 9. The maximum atomic E-state index is 12.0. The van der Waals surface area contributed by atoms with Gasteiger partial charge in [0.2, 0.25) is 17.8 Å². The fourth-order valence-electron chi connectivity index (χ4n) is 3.67. The van der Waals surface area contributed by atoms with Crippen molar-refractivity contribution in [2.45, 2.75) is 0 Å². The average molecular weight is 517 g/mol. The Bertz CT molecular complexity index is 1430. The summed E-state index contributed by atoms with van der Waals surface area (Å²) >= 11 is 0. The topological polar surface area (TPSA) is 124 Å². The molecule has 0 amide bonds. The summed E-state index contributed by atoms with van der Waals surface area (Å²) in [6.07, 6.45) is 16.3. The van der Waals surface area contributed by atoms with Crippen LogP contribution in [0.4, 0.5) is 29.2 Å². The van der Waals surface area contributed by atoms with Gasteiger partial charge in [-0.05, 0) is 48.6 Å². The normalized spacial score (nSPS) is 16.0. The van der Waals surface area contributed by atoms with E-state index in [-0.39, 0.29) is 23.5 Å². The number of nitrogens with zero attached hydrogens (tertiary/aromatic N) is 4.